The van der Waals surface area contributed by atoms with E-state index in [0.717, 1.165) is 11.1 Å². The van der Waals surface area contributed by atoms with Gasteiger partial charge in [-0.15, -0.1) is 0 Å². The Morgan fingerprint density at radius 2 is 2.12 bits per heavy atom. The first-order valence-corrected chi connectivity index (χ1v) is 8.42. The van der Waals surface area contributed by atoms with E-state index in [9.17, 15) is 9.82 Å². The van der Waals surface area contributed by atoms with Crippen LogP contribution >= 0.6 is 0 Å². The van der Waals surface area contributed by atoms with Crippen LogP contribution in [-0.2, 0) is 13.0 Å². The molecule has 1 atom stereocenters. The number of hydrogen-bond acceptors (Lipinski definition) is 5. The Kier molecular flexibility index (Phi) is 5.23. The van der Waals surface area contributed by atoms with Crippen LogP contribution in [-0.4, -0.2) is 28.9 Å². The number of benzene rings is 1. The minimum atomic E-state index is -1.02. The van der Waals surface area contributed by atoms with Crippen molar-refractivity contribution in [3.8, 4) is 5.75 Å². The van der Waals surface area contributed by atoms with Crippen LogP contribution in [0.1, 0.15) is 33.7 Å². The van der Waals surface area contributed by atoms with Gasteiger partial charge in [-0.05, 0) is 36.6 Å². The fraction of sp³-hybridized carbons (Fsp3) is 0.278. The lowest BCUT2D eigenvalue weighted by Gasteiger charge is -2.28. The number of ketones is 1. The number of fused-ring (bicyclic) bond motifs is 1. The summed E-state index contributed by atoms with van der Waals surface area (Å²) >= 11 is 0. The molecule has 134 valence electrons. The number of guanidine groups is 1. The zero-order valence-electron chi connectivity index (χ0n) is 14.6. The Bertz CT molecular complexity index is 852. The topological polar surface area (TPSA) is 124 Å². The first kappa shape index (κ1) is 17.9. The SMILES string of the molecule is Cc1cccc2c1OB(O)C(CC(=O)c1cccc(CN=C(N)N)n1)C2. The van der Waals surface area contributed by atoms with Crippen LogP contribution in [0.15, 0.2) is 41.4 Å². The molecule has 1 unspecified atom stereocenters. The highest BCUT2D eigenvalue weighted by atomic mass is 16.5. The number of carbonyl (C=O) groups excluding carboxylic acids is 1. The molecule has 2 aromatic rings. The van der Waals surface area contributed by atoms with Crippen LogP contribution in [0.5, 0.6) is 5.75 Å². The smallest absolute Gasteiger partial charge is 0.526 e. The number of Topliss-reactive ketones (excluding diaryl/α,β-unsaturated/α-hetero) is 1. The molecular formula is C18H21BN4O3. The lowest BCUT2D eigenvalue weighted by Crippen LogP contribution is -2.35. The maximum absolute atomic E-state index is 12.6. The molecule has 0 fully saturated rings. The molecule has 26 heavy (non-hydrogen) atoms. The number of rotatable bonds is 5. The Hall–Kier alpha value is -2.87. The van der Waals surface area contributed by atoms with Crippen molar-refractivity contribution < 1.29 is 14.5 Å². The number of nitrogens with two attached hydrogens (primary N) is 2. The number of aliphatic imine (C=N–C) groups is 1. The minimum absolute atomic E-state index is 0.0278. The number of carbonyl (C=O) groups is 1. The van der Waals surface area contributed by atoms with Gasteiger partial charge in [0.25, 0.3) is 0 Å². The predicted octanol–water partition coefficient (Wildman–Crippen LogP) is 1.22. The third-order valence-electron chi connectivity index (χ3n) is 4.38. The van der Waals surface area contributed by atoms with Crippen LogP contribution in [0, 0.1) is 6.92 Å². The molecule has 5 N–H and O–H groups in total. The third kappa shape index (κ3) is 4.03. The van der Waals surface area contributed by atoms with Crippen LogP contribution in [0.25, 0.3) is 0 Å². The highest BCUT2D eigenvalue weighted by Crippen LogP contribution is 2.36. The Balaban J connectivity index is 1.72. The quantitative estimate of drug-likeness (QED) is 0.322. The molecule has 0 bridgehead atoms. The summed E-state index contributed by atoms with van der Waals surface area (Å²) in [6, 6.07) is 11.0. The Morgan fingerprint density at radius 1 is 1.35 bits per heavy atom. The van der Waals surface area contributed by atoms with Crippen molar-refractivity contribution >= 4 is 18.9 Å². The monoisotopic (exact) mass is 352 g/mol. The van der Waals surface area contributed by atoms with E-state index >= 15 is 0 Å². The van der Waals surface area contributed by atoms with Gasteiger partial charge in [0, 0.05) is 12.2 Å². The molecule has 0 aliphatic carbocycles. The van der Waals surface area contributed by atoms with Gasteiger partial charge in [-0.25, -0.2) is 9.98 Å². The van der Waals surface area contributed by atoms with E-state index in [-0.39, 0.29) is 30.5 Å². The summed E-state index contributed by atoms with van der Waals surface area (Å²) in [5.41, 5.74) is 13.5. The van der Waals surface area contributed by atoms with Crippen LogP contribution in [0.2, 0.25) is 5.82 Å². The van der Waals surface area contributed by atoms with E-state index in [2.05, 4.69) is 9.98 Å². The number of para-hydroxylation sites is 1. The molecule has 3 rings (SSSR count). The molecule has 0 radical (unpaired) electrons. The van der Waals surface area contributed by atoms with Gasteiger partial charge in [0.15, 0.2) is 11.7 Å². The summed E-state index contributed by atoms with van der Waals surface area (Å²) in [6.07, 6.45) is 0.727. The largest absolute Gasteiger partial charge is 0.536 e. The number of pyridine rings is 1. The summed E-state index contributed by atoms with van der Waals surface area (Å²) in [5, 5.41) is 10.3. The molecule has 0 saturated carbocycles. The van der Waals surface area contributed by atoms with Gasteiger partial charge < -0.3 is 21.1 Å². The standard InChI is InChI=1S/C18H21BN4O3/c1-11-4-2-5-12-8-13(19(25)26-17(11)12)9-16(24)15-7-3-6-14(23-15)10-22-18(20)21/h2-7,13,25H,8-10H2,1H3,(H4,20,21,22). The number of aromatic nitrogens is 1. The summed E-state index contributed by atoms with van der Waals surface area (Å²) in [6.45, 7) is 2.15. The Labute approximate surface area is 152 Å². The van der Waals surface area contributed by atoms with E-state index in [1.54, 1.807) is 18.2 Å². The van der Waals surface area contributed by atoms with Gasteiger partial charge in [-0.2, -0.15) is 0 Å². The summed E-state index contributed by atoms with van der Waals surface area (Å²) < 4.78 is 5.64. The molecule has 7 nitrogen and oxygen atoms in total. The summed E-state index contributed by atoms with van der Waals surface area (Å²) in [7, 11) is -1.02. The van der Waals surface area contributed by atoms with Gasteiger partial charge in [0.1, 0.15) is 11.4 Å². The zero-order valence-corrected chi connectivity index (χ0v) is 14.6. The first-order chi connectivity index (χ1) is 12.4. The predicted molar refractivity (Wildman–Crippen MR) is 99.9 cm³/mol. The average molecular weight is 352 g/mol. The first-order valence-electron chi connectivity index (χ1n) is 8.42. The lowest BCUT2D eigenvalue weighted by atomic mass is 9.64. The lowest BCUT2D eigenvalue weighted by molar-refractivity contribution is 0.0970. The van der Waals surface area contributed by atoms with Crippen molar-refractivity contribution in [2.75, 3.05) is 0 Å². The van der Waals surface area contributed by atoms with Gasteiger partial charge in [-0.1, -0.05) is 24.3 Å². The van der Waals surface area contributed by atoms with Crippen molar-refractivity contribution in [2.45, 2.75) is 32.1 Å². The van der Waals surface area contributed by atoms with Crippen molar-refractivity contribution in [1.82, 2.24) is 4.98 Å². The fourth-order valence-electron chi connectivity index (χ4n) is 3.05. The van der Waals surface area contributed by atoms with E-state index < -0.39 is 7.12 Å². The minimum Gasteiger partial charge on any atom is -0.536 e. The average Bonchev–Trinajstić information content (AvgIpc) is 2.62. The van der Waals surface area contributed by atoms with E-state index in [1.807, 2.05) is 25.1 Å². The molecule has 2 heterocycles. The van der Waals surface area contributed by atoms with Crippen LogP contribution < -0.4 is 16.1 Å². The van der Waals surface area contributed by atoms with Gasteiger partial charge >= 0.3 is 7.12 Å². The van der Waals surface area contributed by atoms with Crippen molar-refractivity contribution in [3.05, 3.63) is 58.9 Å². The molecule has 0 spiro atoms. The van der Waals surface area contributed by atoms with Gasteiger partial charge in [0.05, 0.1) is 12.2 Å². The molecule has 1 aliphatic heterocycles. The number of hydrogen-bond donors (Lipinski definition) is 3. The highest BCUT2D eigenvalue weighted by molar-refractivity contribution is 6.47. The van der Waals surface area contributed by atoms with E-state index in [1.165, 1.54) is 0 Å². The molecule has 1 aromatic carbocycles. The van der Waals surface area contributed by atoms with E-state index in [4.69, 9.17) is 16.1 Å². The second-order valence-electron chi connectivity index (χ2n) is 6.42. The molecule has 1 aliphatic rings. The molecule has 8 heteroatoms. The maximum Gasteiger partial charge on any atom is 0.526 e. The third-order valence-corrected chi connectivity index (χ3v) is 4.38. The normalized spacial score (nSPS) is 15.8. The summed E-state index contributed by atoms with van der Waals surface area (Å²) in [4.78, 5) is 20.8. The summed E-state index contributed by atoms with van der Waals surface area (Å²) in [5.74, 6) is 0.210. The number of aryl methyl sites for hydroxylation is 1. The van der Waals surface area contributed by atoms with Crippen LogP contribution in [0.3, 0.4) is 0 Å². The van der Waals surface area contributed by atoms with Crippen molar-refractivity contribution in [1.29, 1.82) is 0 Å². The molecule has 0 saturated heterocycles. The molecular weight excluding hydrogens is 331 g/mol. The maximum atomic E-state index is 12.6. The van der Waals surface area contributed by atoms with Gasteiger partial charge in [0.2, 0.25) is 0 Å². The second-order valence-corrected chi connectivity index (χ2v) is 6.42. The molecule has 0 amide bonds. The highest BCUT2D eigenvalue weighted by Gasteiger charge is 2.36. The fourth-order valence-corrected chi connectivity index (χ4v) is 3.05. The zero-order chi connectivity index (χ0) is 18.7. The number of nitrogens with zero attached hydrogens (tertiary/aromatic N) is 2. The van der Waals surface area contributed by atoms with E-state index in [0.29, 0.717) is 23.6 Å². The Morgan fingerprint density at radius 3 is 2.88 bits per heavy atom. The van der Waals surface area contributed by atoms with Crippen LogP contribution in [0.4, 0.5) is 0 Å². The molecule has 1 aromatic heterocycles. The van der Waals surface area contributed by atoms with Gasteiger partial charge in [-0.3, -0.25) is 4.79 Å². The second kappa shape index (κ2) is 7.57. The van der Waals surface area contributed by atoms with Crippen molar-refractivity contribution in [2.24, 2.45) is 16.5 Å². The van der Waals surface area contributed by atoms with Crippen molar-refractivity contribution in [3.63, 3.8) is 0 Å².